The van der Waals surface area contributed by atoms with Gasteiger partial charge in [-0.2, -0.15) is 0 Å². The second kappa shape index (κ2) is 6.05. The van der Waals surface area contributed by atoms with E-state index in [1.54, 1.807) is 0 Å². The molecule has 0 amide bonds. The highest BCUT2D eigenvalue weighted by Crippen LogP contribution is 2.18. The fraction of sp³-hybridized carbons (Fsp3) is 0.250. The molecule has 0 saturated heterocycles. The number of hydrogen-bond donors (Lipinski definition) is 0. The van der Waals surface area contributed by atoms with E-state index in [1.165, 1.54) is 16.8 Å². The van der Waals surface area contributed by atoms with Crippen LogP contribution in [0.5, 0.6) is 0 Å². The lowest BCUT2D eigenvalue weighted by atomic mass is 10.1. The molecular weight excluding hydrogens is 286 g/mol. The molecule has 0 atom stereocenters. The maximum atomic E-state index is 3.46. The molecule has 0 heterocycles. The van der Waals surface area contributed by atoms with E-state index in [1.807, 2.05) is 0 Å². The molecule has 1 nitrogen and oxygen atoms in total. The van der Waals surface area contributed by atoms with Crippen molar-refractivity contribution in [3.05, 3.63) is 64.1 Å². The van der Waals surface area contributed by atoms with E-state index in [9.17, 15) is 0 Å². The predicted molar refractivity (Wildman–Crippen MR) is 82.1 cm³/mol. The number of anilines is 1. The molecule has 0 bridgehead atoms. The number of rotatable bonds is 4. The van der Waals surface area contributed by atoms with E-state index in [2.05, 4.69) is 83.3 Å². The van der Waals surface area contributed by atoms with Crippen LogP contribution in [-0.2, 0) is 13.0 Å². The fourth-order valence-corrected chi connectivity index (χ4v) is 2.21. The van der Waals surface area contributed by atoms with E-state index in [0.717, 1.165) is 17.4 Å². The van der Waals surface area contributed by atoms with E-state index >= 15 is 0 Å². The Labute approximate surface area is 118 Å². The fourth-order valence-electron chi connectivity index (χ4n) is 1.94. The smallest absolute Gasteiger partial charge is 0.0426 e. The summed E-state index contributed by atoms with van der Waals surface area (Å²) in [7, 11) is 2.13. The molecule has 2 aromatic carbocycles. The third-order valence-electron chi connectivity index (χ3n) is 3.12. The molecule has 0 saturated carbocycles. The molecule has 18 heavy (non-hydrogen) atoms. The highest BCUT2D eigenvalue weighted by atomic mass is 79.9. The van der Waals surface area contributed by atoms with Crippen molar-refractivity contribution < 1.29 is 0 Å². The lowest BCUT2D eigenvalue weighted by Gasteiger charge is -2.19. The molecule has 2 heteroatoms. The number of halogens is 1. The standard InChI is InChI=1S/C16H18BrN/c1-3-13-6-10-16(11-7-13)18(2)12-14-4-8-15(17)9-5-14/h4-11H,3,12H2,1-2H3. The Morgan fingerprint density at radius 3 is 2.00 bits per heavy atom. The van der Waals surface area contributed by atoms with Gasteiger partial charge in [0.15, 0.2) is 0 Å². The van der Waals surface area contributed by atoms with E-state index in [-0.39, 0.29) is 0 Å². The van der Waals surface area contributed by atoms with Crippen LogP contribution in [0, 0.1) is 0 Å². The van der Waals surface area contributed by atoms with Gasteiger partial charge >= 0.3 is 0 Å². The number of hydrogen-bond acceptors (Lipinski definition) is 1. The molecule has 0 aliphatic rings. The van der Waals surface area contributed by atoms with Crippen LogP contribution < -0.4 is 4.90 Å². The van der Waals surface area contributed by atoms with Gasteiger partial charge in [0, 0.05) is 23.8 Å². The minimum absolute atomic E-state index is 0.929. The second-order valence-electron chi connectivity index (χ2n) is 4.50. The van der Waals surface area contributed by atoms with Gasteiger partial charge in [0.05, 0.1) is 0 Å². The van der Waals surface area contributed by atoms with Crippen LogP contribution >= 0.6 is 15.9 Å². The van der Waals surface area contributed by atoms with Gasteiger partial charge in [-0.05, 0) is 41.8 Å². The molecular formula is C16H18BrN. The van der Waals surface area contributed by atoms with Crippen molar-refractivity contribution in [2.75, 3.05) is 11.9 Å². The quantitative estimate of drug-likeness (QED) is 0.795. The Hall–Kier alpha value is -1.28. The largest absolute Gasteiger partial charge is 0.370 e. The summed E-state index contributed by atoms with van der Waals surface area (Å²) < 4.78 is 1.13. The number of nitrogens with zero attached hydrogens (tertiary/aromatic N) is 1. The van der Waals surface area contributed by atoms with Gasteiger partial charge in [-0.1, -0.05) is 47.1 Å². The summed E-state index contributed by atoms with van der Waals surface area (Å²) in [6.45, 7) is 3.11. The molecule has 94 valence electrons. The maximum Gasteiger partial charge on any atom is 0.0426 e. The lowest BCUT2D eigenvalue weighted by Crippen LogP contribution is -2.16. The van der Waals surface area contributed by atoms with Crippen LogP contribution in [0.25, 0.3) is 0 Å². The Morgan fingerprint density at radius 2 is 1.44 bits per heavy atom. The van der Waals surface area contributed by atoms with Crippen LogP contribution in [0.4, 0.5) is 5.69 Å². The Morgan fingerprint density at radius 1 is 0.889 bits per heavy atom. The van der Waals surface area contributed by atoms with Crippen molar-refractivity contribution in [2.24, 2.45) is 0 Å². The van der Waals surface area contributed by atoms with Crippen LogP contribution in [-0.4, -0.2) is 7.05 Å². The first-order chi connectivity index (χ1) is 8.69. The summed E-state index contributed by atoms with van der Waals surface area (Å²) in [5, 5.41) is 0. The molecule has 0 aromatic heterocycles. The van der Waals surface area contributed by atoms with Gasteiger partial charge < -0.3 is 4.90 Å². The summed E-state index contributed by atoms with van der Waals surface area (Å²) in [6, 6.07) is 17.3. The summed E-state index contributed by atoms with van der Waals surface area (Å²) in [4.78, 5) is 2.27. The zero-order valence-electron chi connectivity index (χ0n) is 10.9. The Bertz CT molecular complexity index is 488. The highest BCUT2D eigenvalue weighted by Gasteiger charge is 2.02. The SMILES string of the molecule is CCc1ccc(N(C)Cc2ccc(Br)cc2)cc1. The van der Waals surface area contributed by atoms with Gasteiger partial charge in [0.1, 0.15) is 0 Å². The molecule has 2 rings (SSSR count). The number of benzene rings is 2. The molecule has 0 spiro atoms. The maximum absolute atomic E-state index is 3.46. The van der Waals surface area contributed by atoms with Gasteiger partial charge in [-0.15, -0.1) is 0 Å². The third-order valence-corrected chi connectivity index (χ3v) is 3.65. The first kappa shape index (κ1) is 13.2. The van der Waals surface area contributed by atoms with Crippen LogP contribution in [0.1, 0.15) is 18.1 Å². The van der Waals surface area contributed by atoms with Gasteiger partial charge in [0.2, 0.25) is 0 Å². The average molecular weight is 304 g/mol. The van der Waals surface area contributed by atoms with Crippen LogP contribution in [0.2, 0.25) is 0 Å². The minimum Gasteiger partial charge on any atom is -0.370 e. The monoisotopic (exact) mass is 303 g/mol. The van der Waals surface area contributed by atoms with Crippen molar-refractivity contribution >= 4 is 21.6 Å². The summed E-state index contributed by atoms with van der Waals surface area (Å²) >= 11 is 3.46. The predicted octanol–water partition coefficient (Wildman–Crippen LogP) is 4.65. The van der Waals surface area contributed by atoms with Gasteiger partial charge in [-0.3, -0.25) is 0 Å². The van der Waals surface area contributed by atoms with E-state index < -0.39 is 0 Å². The van der Waals surface area contributed by atoms with Crippen molar-refractivity contribution in [3.63, 3.8) is 0 Å². The number of aryl methyl sites for hydroxylation is 1. The lowest BCUT2D eigenvalue weighted by molar-refractivity contribution is 0.921. The van der Waals surface area contributed by atoms with Crippen LogP contribution in [0.3, 0.4) is 0 Å². The Balaban J connectivity index is 2.06. The minimum atomic E-state index is 0.929. The van der Waals surface area contributed by atoms with Crippen molar-refractivity contribution in [1.29, 1.82) is 0 Å². The highest BCUT2D eigenvalue weighted by molar-refractivity contribution is 9.10. The molecule has 0 radical (unpaired) electrons. The van der Waals surface area contributed by atoms with Gasteiger partial charge in [-0.25, -0.2) is 0 Å². The average Bonchev–Trinajstić information content (AvgIpc) is 2.41. The first-order valence-corrected chi connectivity index (χ1v) is 7.03. The molecule has 0 unspecified atom stereocenters. The Kier molecular flexibility index (Phi) is 4.43. The van der Waals surface area contributed by atoms with Crippen molar-refractivity contribution in [3.8, 4) is 0 Å². The zero-order chi connectivity index (χ0) is 13.0. The molecule has 0 aliphatic carbocycles. The van der Waals surface area contributed by atoms with Gasteiger partial charge in [0.25, 0.3) is 0 Å². The topological polar surface area (TPSA) is 3.24 Å². The molecule has 0 N–H and O–H groups in total. The molecule has 0 aliphatic heterocycles. The zero-order valence-corrected chi connectivity index (χ0v) is 12.4. The van der Waals surface area contributed by atoms with Crippen molar-refractivity contribution in [1.82, 2.24) is 0 Å². The molecule has 0 fully saturated rings. The first-order valence-electron chi connectivity index (χ1n) is 6.23. The molecule has 2 aromatic rings. The summed E-state index contributed by atoms with van der Waals surface area (Å²) in [6.07, 6.45) is 1.09. The third kappa shape index (κ3) is 3.36. The van der Waals surface area contributed by atoms with E-state index in [4.69, 9.17) is 0 Å². The van der Waals surface area contributed by atoms with Crippen LogP contribution in [0.15, 0.2) is 53.0 Å². The summed E-state index contributed by atoms with van der Waals surface area (Å²) in [5.41, 5.74) is 3.96. The van der Waals surface area contributed by atoms with E-state index in [0.29, 0.717) is 0 Å². The summed E-state index contributed by atoms with van der Waals surface area (Å²) in [5.74, 6) is 0. The second-order valence-corrected chi connectivity index (χ2v) is 5.42. The normalized spacial score (nSPS) is 10.4. The van der Waals surface area contributed by atoms with Crippen molar-refractivity contribution in [2.45, 2.75) is 19.9 Å².